The van der Waals surface area contributed by atoms with Crippen LogP contribution in [0.4, 0.5) is 5.69 Å². The number of likely N-dealkylation sites (tertiary alicyclic amines) is 1. The fourth-order valence-electron chi connectivity index (χ4n) is 4.30. The number of nitrogens with zero attached hydrogens (tertiary/aromatic N) is 3. The van der Waals surface area contributed by atoms with Gasteiger partial charge in [0, 0.05) is 55.5 Å². The molecule has 2 heterocycles. The van der Waals surface area contributed by atoms with E-state index in [2.05, 4.69) is 39.5 Å². The number of rotatable bonds is 6. The van der Waals surface area contributed by atoms with Gasteiger partial charge in [0.15, 0.2) is 5.96 Å². The number of guanidine groups is 1. The summed E-state index contributed by atoms with van der Waals surface area (Å²) in [6.07, 6.45) is 5.23. The minimum absolute atomic E-state index is 0. The minimum Gasteiger partial charge on any atom is -0.369 e. The standard InChI is InChI=1S/C21H32ClN5.HI/c1-2-23-21(24-13-16-8-10-26(14-16)19-6-7-19)25-18-9-11-27(15-18)20-5-3-4-17(22)12-20;/h3-5,12,16,18-19H,2,6-11,13-15H2,1H3,(H2,23,24,25);1H. The van der Waals surface area contributed by atoms with E-state index in [9.17, 15) is 0 Å². The lowest BCUT2D eigenvalue weighted by Crippen LogP contribution is -2.45. The smallest absolute Gasteiger partial charge is 0.191 e. The first-order valence-corrected chi connectivity index (χ1v) is 10.9. The van der Waals surface area contributed by atoms with Crippen molar-refractivity contribution in [1.82, 2.24) is 15.5 Å². The van der Waals surface area contributed by atoms with Gasteiger partial charge in [0.1, 0.15) is 0 Å². The van der Waals surface area contributed by atoms with Crippen LogP contribution in [0.1, 0.15) is 32.6 Å². The van der Waals surface area contributed by atoms with Crippen LogP contribution in [-0.4, -0.2) is 62.2 Å². The zero-order chi connectivity index (χ0) is 18.6. The summed E-state index contributed by atoms with van der Waals surface area (Å²) >= 11 is 6.15. The van der Waals surface area contributed by atoms with Gasteiger partial charge in [-0.1, -0.05) is 17.7 Å². The van der Waals surface area contributed by atoms with E-state index in [1.807, 2.05) is 12.1 Å². The third-order valence-electron chi connectivity index (χ3n) is 5.93. The highest BCUT2D eigenvalue weighted by atomic mass is 127. The van der Waals surface area contributed by atoms with Gasteiger partial charge in [-0.15, -0.1) is 24.0 Å². The van der Waals surface area contributed by atoms with Gasteiger partial charge < -0.3 is 20.4 Å². The Morgan fingerprint density at radius 2 is 2.04 bits per heavy atom. The van der Waals surface area contributed by atoms with Crippen LogP contribution in [0.3, 0.4) is 0 Å². The molecule has 1 aromatic carbocycles. The van der Waals surface area contributed by atoms with Gasteiger partial charge in [0.05, 0.1) is 0 Å². The van der Waals surface area contributed by atoms with E-state index in [1.54, 1.807) is 0 Å². The van der Waals surface area contributed by atoms with Crippen molar-refractivity contribution in [2.75, 3.05) is 44.2 Å². The van der Waals surface area contributed by atoms with E-state index in [0.717, 1.165) is 49.6 Å². The summed E-state index contributed by atoms with van der Waals surface area (Å²) in [5.41, 5.74) is 1.21. The average Bonchev–Trinajstić information content (AvgIpc) is 3.22. The quantitative estimate of drug-likeness (QED) is 0.344. The first-order valence-electron chi connectivity index (χ1n) is 10.5. The van der Waals surface area contributed by atoms with Gasteiger partial charge in [-0.05, 0) is 63.3 Å². The second kappa shape index (κ2) is 10.3. The number of aliphatic imine (C=N–C) groups is 1. The molecular weight excluding hydrogens is 485 g/mol. The zero-order valence-electron chi connectivity index (χ0n) is 16.7. The molecule has 1 aliphatic carbocycles. The third-order valence-corrected chi connectivity index (χ3v) is 6.17. The Labute approximate surface area is 191 Å². The molecule has 2 unspecified atom stereocenters. The van der Waals surface area contributed by atoms with E-state index >= 15 is 0 Å². The van der Waals surface area contributed by atoms with Crippen LogP contribution in [0.25, 0.3) is 0 Å². The highest BCUT2D eigenvalue weighted by Crippen LogP contribution is 2.31. The summed E-state index contributed by atoms with van der Waals surface area (Å²) in [6, 6.07) is 9.46. The molecule has 1 aromatic rings. The van der Waals surface area contributed by atoms with E-state index < -0.39 is 0 Å². The maximum absolute atomic E-state index is 6.15. The maximum Gasteiger partial charge on any atom is 0.191 e. The summed E-state index contributed by atoms with van der Waals surface area (Å²) in [5, 5.41) is 7.88. The predicted octanol–water partition coefficient (Wildman–Crippen LogP) is 3.58. The van der Waals surface area contributed by atoms with Crippen molar-refractivity contribution in [1.29, 1.82) is 0 Å². The Bertz CT molecular complexity index is 666. The van der Waals surface area contributed by atoms with E-state index in [-0.39, 0.29) is 24.0 Å². The van der Waals surface area contributed by atoms with E-state index in [0.29, 0.717) is 12.0 Å². The largest absolute Gasteiger partial charge is 0.369 e. The van der Waals surface area contributed by atoms with Gasteiger partial charge in [-0.25, -0.2) is 0 Å². The SMILES string of the molecule is CCNC(=NCC1CCN(C2CC2)C1)NC1CCN(c2cccc(Cl)c2)C1.I. The summed E-state index contributed by atoms with van der Waals surface area (Å²) in [4.78, 5) is 9.98. The molecule has 7 heteroatoms. The molecule has 2 atom stereocenters. The molecule has 0 amide bonds. The van der Waals surface area contributed by atoms with Crippen molar-refractivity contribution in [2.45, 2.75) is 44.7 Å². The van der Waals surface area contributed by atoms with Crippen molar-refractivity contribution >= 4 is 47.2 Å². The predicted molar refractivity (Wildman–Crippen MR) is 129 cm³/mol. The molecule has 0 radical (unpaired) electrons. The molecule has 0 aromatic heterocycles. The molecule has 0 bridgehead atoms. The van der Waals surface area contributed by atoms with Gasteiger partial charge in [0.25, 0.3) is 0 Å². The molecule has 5 nitrogen and oxygen atoms in total. The number of hydrogen-bond acceptors (Lipinski definition) is 3. The molecule has 1 saturated carbocycles. The zero-order valence-corrected chi connectivity index (χ0v) is 19.8. The molecular formula is C21H33ClIN5. The molecule has 0 spiro atoms. The fraction of sp³-hybridized carbons (Fsp3) is 0.667. The first kappa shape index (κ1) is 22.0. The van der Waals surface area contributed by atoms with Crippen molar-refractivity contribution in [2.24, 2.45) is 10.9 Å². The number of hydrogen-bond donors (Lipinski definition) is 2. The van der Waals surface area contributed by atoms with Crippen molar-refractivity contribution in [3.05, 3.63) is 29.3 Å². The van der Waals surface area contributed by atoms with Crippen LogP contribution in [-0.2, 0) is 0 Å². The Hall–Kier alpha value is -0.730. The molecule has 156 valence electrons. The summed E-state index contributed by atoms with van der Waals surface area (Å²) < 4.78 is 0. The number of anilines is 1. The Morgan fingerprint density at radius 1 is 1.18 bits per heavy atom. The van der Waals surface area contributed by atoms with Crippen LogP contribution < -0.4 is 15.5 Å². The second-order valence-corrected chi connectivity index (χ2v) is 8.59. The van der Waals surface area contributed by atoms with Crippen LogP contribution in [0, 0.1) is 5.92 Å². The monoisotopic (exact) mass is 517 g/mol. The highest BCUT2D eigenvalue weighted by molar-refractivity contribution is 14.0. The van der Waals surface area contributed by atoms with Crippen LogP contribution in [0.15, 0.2) is 29.3 Å². The lowest BCUT2D eigenvalue weighted by atomic mass is 10.1. The molecule has 2 saturated heterocycles. The average molecular weight is 518 g/mol. The van der Waals surface area contributed by atoms with E-state index in [1.165, 1.54) is 38.0 Å². The summed E-state index contributed by atoms with van der Waals surface area (Å²) in [5.74, 6) is 1.69. The topological polar surface area (TPSA) is 42.9 Å². The number of nitrogens with one attached hydrogen (secondary N) is 2. The lowest BCUT2D eigenvalue weighted by molar-refractivity contribution is 0.315. The Kier molecular flexibility index (Phi) is 8.12. The highest BCUT2D eigenvalue weighted by Gasteiger charge is 2.34. The third kappa shape index (κ3) is 5.89. The summed E-state index contributed by atoms with van der Waals surface area (Å²) in [6.45, 7) is 8.51. The van der Waals surface area contributed by atoms with Gasteiger partial charge in [-0.2, -0.15) is 0 Å². The number of benzene rings is 1. The molecule has 3 aliphatic rings. The van der Waals surface area contributed by atoms with Crippen molar-refractivity contribution < 1.29 is 0 Å². The Balaban J connectivity index is 0.00000225. The van der Waals surface area contributed by atoms with Gasteiger partial charge in [-0.3, -0.25) is 4.99 Å². The van der Waals surface area contributed by atoms with Crippen LogP contribution in [0.5, 0.6) is 0 Å². The molecule has 28 heavy (non-hydrogen) atoms. The molecule has 4 rings (SSSR count). The van der Waals surface area contributed by atoms with Gasteiger partial charge in [0.2, 0.25) is 0 Å². The normalized spacial score (nSPS) is 25.6. The van der Waals surface area contributed by atoms with E-state index in [4.69, 9.17) is 16.6 Å². The van der Waals surface area contributed by atoms with Crippen molar-refractivity contribution in [3.8, 4) is 0 Å². The van der Waals surface area contributed by atoms with Gasteiger partial charge >= 0.3 is 0 Å². The van der Waals surface area contributed by atoms with Crippen LogP contribution in [0.2, 0.25) is 5.02 Å². The maximum atomic E-state index is 6.15. The first-order chi connectivity index (χ1) is 13.2. The minimum atomic E-state index is 0. The lowest BCUT2D eigenvalue weighted by Gasteiger charge is -2.21. The molecule has 3 fully saturated rings. The summed E-state index contributed by atoms with van der Waals surface area (Å²) in [7, 11) is 0. The molecule has 2 N–H and O–H groups in total. The van der Waals surface area contributed by atoms with Crippen LogP contribution >= 0.6 is 35.6 Å². The fourth-order valence-corrected chi connectivity index (χ4v) is 4.49. The van der Waals surface area contributed by atoms with Crippen molar-refractivity contribution in [3.63, 3.8) is 0 Å². The second-order valence-electron chi connectivity index (χ2n) is 8.16. The molecule has 2 aliphatic heterocycles. The Morgan fingerprint density at radius 3 is 2.79 bits per heavy atom. The number of halogens is 2.